The fourth-order valence-corrected chi connectivity index (χ4v) is 3.87. The Labute approximate surface area is 138 Å². The first-order valence-corrected chi connectivity index (χ1v) is 8.86. The van der Waals surface area contributed by atoms with Gasteiger partial charge in [-0.25, -0.2) is 0 Å². The van der Waals surface area contributed by atoms with E-state index in [0.29, 0.717) is 18.9 Å². The molecule has 0 radical (unpaired) electrons. The smallest absolute Gasteiger partial charge is 0.232 e. The number of nitrogens with one attached hydrogen (secondary N) is 2. The summed E-state index contributed by atoms with van der Waals surface area (Å²) in [6.07, 6.45) is 7.61. The third-order valence-corrected chi connectivity index (χ3v) is 5.21. The Kier molecular flexibility index (Phi) is 5.31. The second-order valence-corrected chi connectivity index (χ2v) is 6.84. The zero-order chi connectivity index (χ0) is 16.1. The first-order chi connectivity index (χ1) is 11.2. The maximum absolute atomic E-state index is 12.5. The molecule has 4 heteroatoms. The van der Waals surface area contributed by atoms with Crippen LogP contribution in [0.3, 0.4) is 0 Å². The van der Waals surface area contributed by atoms with Crippen LogP contribution in [-0.2, 0) is 16.0 Å². The number of carbonyl (C=O) groups is 2. The van der Waals surface area contributed by atoms with Gasteiger partial charge in [0.1, 0.15) is 5.92 Å². The van der Waals surface area contributed by atoms with E-state index in [1.54, 1.807) is 0 Å². The van der Waals surface area contributed by atoms with Crippen molar-refractivity contribution >= 4 is 11.8 Å². The third kappa shape index (κ3) is 4.12. The molecule has 3 rings (SSSR count). The highest BCUT2D eigenvalue weighted by atomic mass is 16.2. The second-order valence-electron chi connectivity index (χ2n) is 6.84. The quantitative estimate of drug-likeness (QED) is 0.820. The molecule has 1 aromatic rings. The van der Waals surface area contributed by atoms with E-state index < -0.39 is 5.92 Å². The minimum atomic E-state index is -0.503. The zero-order valence-electron chi connectivity index (χ0n) is 13.6. The Morgan fingerprint density at radius 2 is 1.87 bits per heavy atom. The highest BCUT2D eigenvalue weighted by Crippen LogP contribution is 2.28. The summed E-state index contributed by atoms with van der Waals surface area (Å²) in [5.41, 5.74) is 1.25. The molecular formula is C19H26N2O2. The van der Waals surface area contributed by atoms with Crippen LogP contribution >= 0.6 is 0 Å². The van der Waals surface area contributed by atoms with Gasteiger partial charge in [-0.05, 0) is 37.2 Å². The van der Waals surface area contributed by atoms with E-state index >= 15 is 0 Å². The van der Waals surface area contributed by atoms with E-state index in [1.807, 2.05) is 18.2 Å². The first-order valence-electron chi connectivity index (χ1n) is 8.86. The summed E-state index contributed by atoms with van der Waals surface area (Å²) in [6, 6.07) is 10.5. The van der Waals surface area contributed by atoms with Crippen molar-refractivity contribution in [2.24, 2.45) is 11.8 Å². The average Bonchev–Trinajstić information content (AvgIpc) is 3.02. The number of rotatable bonds is 5. The van der Waals surface area contributed by atoms with Gasteiger partial charge in [0.05, 0.1) is 0 Å². The SMILES string of the molecule is O=C1NCCC1C(=O)NC(Cc1ccccc1)C1CCCCC1. The predicted octanol–water partition coefficient (Wildman–Crippen LogP) is 2.43. The van der Waals surface area contributed by atoms with Crippen molar-refractivity contribution in [1.29, 1.82) is 0 Å². The fraction of sp³-hybridized carbons (Fsp3) is 0.579. The van der Waals surface area contributed by atoms with Crippen LogP contribution in [0.5, 0.6) is 0 Å². The van der Waals surface area contributed by atoms with Crippen molar-refractivity contribution in [1.82, 2.24) is 10.6 Å². The van der Waals surface area contributed by atoms with Gasteiger partial charge in [-0.15, -0.1) is 0 Å². The summed E-state index contributed by atoms with van der Waals surface area (Å²) < 4.78 is 0. The van der Waals surface area contributed by atoms with Crippen molar-refractivity contribution in [3.63, 3.8) is 0 Å². The van der Waals surface area contributed by atoms with Gasteiger partial charge >= 0.3 is 0 Å². The second kappa shape index (κ2) is 7.62. The van der Waals surface area contributed by atoms with Gasteiger partial charge in [0.25, 0.3) is 0 Å². The largest absolute Gasteiger partial charge is 0.355 e. The van der Waals surface area contributed by atoms with Gasteiger partial charge < -0.3 is 10.6 Å². The van der Waals surface area contributed by atoms with Crippen LogP contribution in [0, 0.1) is 11.8 Å². The number of benzene rings is 1. The van der Waals surface area contributed by atoms with Gasteiger partial charge in [-0.3, -0.25) is 9.59 Å². The molecule has 0 bridgehead atoms. The lowest BCUT2D eigenvalue weighted by atomic mass is 9.81. The van der Waals surface area contributed by atoms with Crippen LogP contribution in [0.1, 0.15) is 44.1 Å². The minimum absolute atomic E-state index is 0.0912. The third-order valence-electron chi connectivity index (χ3n) is 5.21. The molecule has 0 spiro atoms. The summed E-state index contributed by atoms with van der Waals surface area (Å²) in [5.74, 6) is -0.189. The molecule has 1 aromatic carbocycles. The van der Waals surface area contributed by atoms with Gasteiger partial charge in [0, 0.05) is 12.6 Å². The Bertz CT molecular complexity index is 538. The standard InChI is InChI=1S/C19H26N2O2/c22-18-16(11-12-20-18)19(23)21-17(15-9-5-2-6-10-15)13-14-7-3-1-4-8-14/h1,3-4,7-8,15-17H,2,5-6,9-13H2,(H,20,22)(H,21,23). The Hall–Kier alpha value is -1.84. The molecule has 2 unspecified atom stereocenters. The van der Waals surface area contributed by atoms with E-state index in [9.17, 15) is 9.59 Å². The molecule has 2 amide bonds. The molecule has 1 heterocycles. The molecule has 2 aliphatic rings. The minimum Gasteiger partial charge on any atom is -0.355 e. The van der Waals surface area contributed by atoms with Gasteiger partial charge in [0.2, 0.25) is 11.8 Å². The van der Waals surface area contributed by atoms with Crippen molar-refractivity contribution in [2.45, 2.75) is 51.0 Å². The van der Waals surface area contributed by atoms with Crippen LogP contribution in [0.4, 0.5) is 0 Å². The Morgan fingerprint density at radius 3 is 2.52 bits per heavy atom. The molecule has 1 saturated carbocycles. The van der Waals surface area contributed by atoms with Crippen molar-refractivity contribution in [3.05, 3.63) is 35.9 Å². The van der Waals surface area contributed by atoms with Crippen LogP contribution in [0.2, 0.25) is 0 Å². The zero-order valence-corrected chi connectivity index (χ0v) is 13.6. The van der Waals surface area contributed by atoms with E-state index in [-0.39, 0.29) is 17.9 Å². The van der Waals surface area contributed by atoms with Gasteiger partial charge in [-0.1, -0.05) is 49.6 Å². The van der Waals surface area contributed by atoms with E-state index in [1.165, 1.54) is 37.7 Å². The van der Waals surface area contributed by atoms with Crippen molar-refractivity contribution in [3.8, 4) is 0 Å². The molecule has 2 atom stereocenters. The fourth-order valence-electron chi connectivity index (χ4n) is 3.87. The summed E-state index contributed by atoms with van der Waals surface area (Å²) in [7, 11) is 0. The number of carbonyl (C=O) groups excluding carboxylic acids is 2. The highest BCUT2D eigenvalue weighted by Gasteiger charge is 2.34. The van der Waals surface area contributed by atoms with E-state index in [4.69, 9.17) is 0 Å². The molecule has 4 nitrogen and oxygen atoms in total. The van der Waals surface area contributed by atoms with E-state index in [0.717, 1.165) is 6.42 Å². The van der Waals surface area contributed by atoms with Crippen LogP contribution in [-0.4, -0.2) is 24.4 Å². The molecule has 124 valence electrons. The lowest BCUT2D eigenvalue weighted by molar-refractivity contribution is -0.133. The average molecular weight is 314 g/mol. The van der Waals surface area contributed by atoms with E-state index in [2.05, 4.69) is 22.8 Å². The van der Waals surface area contributed by atoms with Crippen LogP contribution < -0.4 is 10.6 Å². The number of hydrogen-bond acceptors (Lipinski definition) is 2. The molecule has 2 N–H and O–H groups in total. The summed E-state index contributed by atoms with van der Waals surface area (Å²) in [4.78, 5) is 24.3. The maximum atomic E-state index is 12.5. The molecule has 1 saturated heterocycles. The maximum Gasteiger partial charge on any atom is 0.232 e. The van der Waals surface area contributed by atoms with Crippen molar-refractivity contribution < 1.29 is 9.59 Å². The normalized spacial score (nSPS) is 23.3. The summed E-state index contributed by atoms with van der Waals surface area (Å²) >= 11 is 0. The molecule has 1 aliphatic heterocycles. The predicted molar refractivity (Wildman–Crippen MR) is 89.8 cm³/mol. The molecular weight excluding hydrogens is 288 g/mol. The lowest BCUT2D eigenvalue weighted by Crippen LogP contribution is -2.46. The van der Waals surface area contributed by atoms with Gasteiger partial charge in [0.15, 0.2) is 0 Å². The highest BCUT2D eigenvalue weighted by molar-refractivity contribution is 6.01. The summed E-state index contributed by atoms with van der Waals surface area (Å²) in [6.45, 7) is 0.615. The molecule has 23 heavy (non-hydrogen) atoms. The topological polar surface area (TPSA) is 58.2 Å². The summed E-state index contributed by atoms with van der Waals surface area (Å²) in [5, 5.41) is 5.96. The first kappa shape index (κ1) is 16.0. The van der Waals surface area contributed by atoms with Crippen molar-refractivity contribution in [2.75, 3.05) is 6.54 Å². The number of hydrogen-bond donors (Lipinski definition) is 2. The van der Waals surface area contributed by atoms with Gasteiger partial charge in [-0.2, -0.15) is 0 Å². The monoisotopic (exact) mass is 314 g/mol. The molecule has 2 fully saturated rings. The number of amides is 2. The van der Waals surface area contributed by atoms with Crippen LogP contribution in [0.15, 0.2) is 30.3 Å². The Balaban J connectivity index is 1.69. The Morgan fingerprint density at radius 1 is 1.13 bits per heavy atom. The van der Waals surface area contributed by atoms with Crippen LogP contribution in [0.25, 0.3) is 0 Å². The lowest BCUT2D eigenvalue weighted by Gasteiger charge is -2.31. The molecule has 0 aromatic heterocycles. The molecule has 1 aliphatic carbocycles.